The van der Waals surface area contributed by atoms with Crippen LogP contribution in [0.25, 0.3) is 10.9 Å². The zero-order chi connectivity index (χ0) is 14.1. The molecule has 0 atom stereocenters. The van der Waals surface area contributed by atoms with Gasteiger partial charge < -0.3 is 4.90 Å². The van der Waals surface area contributed by atoms with Gasteiger partial charge in [0.2, 0.25) is 0 Å². The summed E-state index contributed by atoms with van der Waals surface area (Å²) in [6.07, 6.45) is 3.28. The third-order valence-corrected chi connectivity index (χ3v) is 4.19. The molecule has 0 N–H and O–H groups in total. The lowest BCUT2D eigenvalue weighted by molar-refractivity contribution is 0.112. The number of anilines is 1. The van der Waals surface area contributed by atoms with E-state index in [0.717, 1.165) is 42.0 Å². The van der Waals surface area contributed by atoms with Crippen molar-refractivity contribution < 1.29 is 4.79 Å². The van der Waals surface area contributed by atoms with E-state index in [0.29, 0.717) is 5.56 Å². The van der Waals surface area contributed by atoms with Crippen molar-refractivity contribution >= 4 is 23.0 Å². The van der Waals surface area contributed by atoms with Gasteiger partial charge in [-0.1, -0.05) is 18.6 Å². The minimum Gasteiger partial charge on any atom is -0.356 e. The first-order valence-electron chi connectivity index (χ1n) is 7.29. The molecule has 2 aromatic rings. The topological polar surface area (TPSA) is 33.2 Å². The lowest BCUT2D eigenvalue weighted by Crippen LogP contribution is -2.34. The third-order valence-electron chi connectivity index (χ3n) is 4.19. The van der Waals surface area contributed by atoms with Crippen LogP contribution in [0.15, 0.2) is 24.3 Å². The summed E-state index contributed by atoms with van der Waals surface area (Å²) in [6.45, 7) is 6.33. The maximum absolute atomic E-state index is 11.4. The molecule has 0 amide bonds. The van der Waals surface area contributed by atoms with Crippen LogP contribution in [0.5, 0.6) is 0 Å². The zero-order valence-corrected chi connectivity index (χ0v) is 12.1. The number of aromatic nitrogens is 1. The van der Waals surface area contributed by atoms with Crippen molar-refractivity contribution in [2.45, 2.75) is 26.7 Å². The molecular weight excluding hydrogens is 248 g/mol. The molecular formula is C17H20N2O. The molecule has 3 heteroatoms. The Balaban J connectivity index is 2.05. The number of aryl methyl sites for hydroxylation is 1. The Labute approximate surface area is 119 Å². The van der Waals surface area contributed by atoms with Gasteiger partial charge in [0.15, 0.2) is 6.29 Å². The molecule has 1 fully saturated rings. The Morgan fingerprint density at radius 1 is 1.25 bits per heavy atom. The zero-order valence-electron chi connectivity index (χ0n) is 12.1. The summed E-state index contributed by atoms with van der Waals surface area (Å²) in [5.74, 6) is 1.62. The van der Waals surface area contributed by atoms with Crippen molar-refractivity contribution in [3.8, 4) is 0 Å². The van der Waals surface area contributed by atoms with Crippen LogP contribution in [-0.2, 0) is 0 Å². The predicted octanol–water partition coefficient (Wildman–Crippen LogP) is 3.59. The summed E-state index contributed by atoms with van der Waals surface area (Å²) in [7, 11) is 0. The lowest BCUT2D eigenvalue weighted by atomic mass is 9.99. The Morgan fingerprint density at radius 3 is 2.70 bits per heavy atom. The first-order chi connectivity index (χ1) is 9.67. The smallest absolute Gasteiger partial charge is 0.153 e. The summed E-state index contributed by atoms with van der Waals surface area (Å²) < 4.78 is 0. The highest BCUT2D eigenvalue weighted by Crippen LogP contribution is 2.27. The first kappa shape index (κ1) is 13.1. The van der Waals surface area contributed by atoms with E-state index in [1.54, 1.807) is 0 Å². The second-order valence-corrected chi connectivity index (χ2v) is 5.88. The van der Waals surface area contributed by atoms with Gasteiger partial charge in [-0.3, -0.25) is 4.79 Å². The van der Waals surface area contributed by atoms with Crippen LogP contribution >= 0.6 is 0 Å². The minimum absolute atomic E-state index is 0.706. The van der Waals surface area contributed by atoms with Gasteiger partial charge in [0.05, 0.1) is 11.1 Å². The molecule has 0 saturated carbocycles. The van der Waals surface area contributed by atoms with Crippen molar-refractivity contribution in [2.24, 2.45) is 5.92 Å². The molecule has 0 unspecified atom stereocenters. The predicted molar refractivity (Wildman–Crippen MR) is 82.5 cm³/mol. The van der Waals surface area contributed by atoms with Gasteiger partial charge in [0.25, 0.3) is 0 Å². The van der Waals surface area contributed by atoms with E-state index in [1.807, 2.05) is 12.1 Å². The van der Waals surface area contributed by atoms with Crippen LogP contribution in [0.3, 0.4) is 0 Å². The largest absolute Gasteiger partial charge is 0.356 e. The van der Waals surface area contributed by atoms with Crippen molar-refractivity contribution in [2.75, 3.05) is 18.0 Å². The number of hydrogen-bond donors (Lipinski definition) is 0. The molecule has 1 saturated heterocycles. The quantitative estimate of drug-likeness (QED) is 0.780. The van der Waals surface area contributed by atoms with Gasteiger partial charge in [0.1, 0.15) is 5.82 Å². The number of pyridine rings is 1. The van der Waals surface area contributed by atoms with Crippen LogP contribution < -0.4 is 4.90 Å². The number of hydrogen-bond acceptors (Lipinski definition) is 3. The standard InChI is InChI=1S/C17H20N2O/c1-12-5-7-19(8-6-12)17-15(11-20)10-14-9-13(2)3-4-16(14)18-17/h3-4,9-12H,5-8H2,1-2H3. The number of aldehydes is 1. The molecule has 0 spiro atoms. The monoisotopic (exact) mass is 268 g/mol. The van der Waals surface area contributed by atoms with Crippen molar-refractivity contribution in [1.82, 2.24) is 4.98 Å². The van der Waals surface area contributed by atoms with Crippen molar-refractivity contribution in [1.29, 1.82) is 0 Å². The summed E-state index contributed by atoms with van der Waals surface area (Å²) in [4.78, 5) is 18.4. The average Bonchev–Trinajstić information content (AvgIpc) is 2.46. The molecule has 20 heavy (non-hydrogen) atoms. The van der Waals surface area contributed by atoms with Gasteiger partial charge >= 0.3 is 0 Å². The van der Waals surface area contributed by atoms with Gasteiger partial charge in [-0.25, -0.2) is 4.98 Å². The van der Waals surface area contributed by atoms with E-state index in [4.69, 9.17) is 4.98 Å². The van der Waals surface area contributed by atoms with E-state index < -0.39 is 0 Å². The highest BCUT2D eigenvalue weighted by molar-refractivity contribution is 5.92. The number of benzene rings is 1. The highest BCUT2D eigenvalue weighted by Gasteiger charge is 2.19. The number of carbonyl (C=O) groups is 1. The molecule has 2 heterocycles. The van der Waals surface area contributed by atoms with E-state index in [2.05, 4.69) is 30.9 Å². The summed E-state index contributed by atoms with van der Waals surface area (Å²) in [5.41, 5.74) is 2.86. The molecule has 3 nitrogen and oxygen atoms in total. The first-order valence-corrected chi connectivity index (χ1v) is 7.29. The Bertz CT molecular complexity index is 643. The molecule has 1 aromatic heterocycles. The number of piperidine rings is 1. The van der Waals surface area contributed by atoms with Crippen LogP contribution in [0.1, 0.15) is 35.7 Å². The normalized spacial score (nSPS) is 16.6. The van der Waals surface area contributed by atoms with Gasteiger partial charge in [0, 0.05) is 18.5 Å². The molecule has 1 aliphatic heterocycles. The summed E-state index contributed by atoms with van der Waals surface area (Å²) in [5, 5.41) is 1.04. The molecule has 0 aliphatic carbocycles. The van der Waals surface area contributed by atoms with Crippen LogP contribution in [0.2, 0.25) is 0 Å². The van der Waals surface area contributed by atoms with Gasteiger partial charge in [-0.2, -0.15) is 0 Å². The fourth-order valence-corrected chi connectivity index (χ4v) is 2.86. The molecule has 0 bridgehead atoms. The number of nitrogens with zero attached hydrogens (tertiary/aromatic N) is 2. The Kier molecular flexibility index (Phi) is 3.43. The van der Waals surface area contributed by atoms with Crippen molar-refractivity contribution in [3.63, 3.8) is 0 Å². The lowest BCUT2D eigenvalue weighted by Gasteiger charge is -2.32. The van der Waals surface area contributed by atoms with Crippen molar-refractivity contribution in [3.05, 3.63) is 35.4 Å². The van der Waals surface area contributed by atoms with E-state index in [1.165, 1.54) is 18.4 Å². The van der Waals surface area contributed by atoms with Crippen LogP contribution in [0.4, 0.5) is 5.82 Å². The van der Waals surface area contributed by atoms with E-state index in [-0.39, 0.29) is 0 Å². The molecule has 0 radical (unpaired) electrons. The fourth-order valence-electron chi connectivity index (χ4n) is 2.86. The molecule has 104 valence electrons. The number of fused-ring (bicyclic) bond motifs is 1. The minimum atomic E-state index is 0.706. The summed E-state index contributed by atoms with van der Waals surface area (Å²) >= 11 is 0. The Morgan fingerprint density at radius 2 is 2.00 bits per heavy atom. The van der Waals surface area contributed by atoms with E-state index >= 15 is 0 Å². The van der Waals surface area contributed by atoms with Gasteiger partial charge in [-0.15, -0.1) is 0 Å². The number of carbonyl (C=O) groups excluding carboxylic acids is 1. The van der Waals surface area contributed by atoms with E-state index in [9.17, 15) is 4.79 Å². The Hall–Kier alpha value is -1.90. The fraction of sp³-hybridized carbons (Fsp3) is 0.412. The molecule has 3 rings (SSSR count). The number of rotatable bonds is 2. The second-order valence-electron chi connectivity index (χ2n) is 5.88. The molecule has 1 aromatic carbocycles. The van der Waals surface area contributed by atoms with Gasteiger partial charge in [-0.05, 0) is 43.9 Å². The summed E-state index contributed by atoms with van der Waals surface area (Å²) in [6, 6.07) is 8.15. The van der Waals surface area contributed by atoms with Crippen LogP contribution in [-0.4, -0.2) is 24.4 Å². The third kappa shape index (κ3) is 2.40. The highest BCUT2D eigenvalue weighted by atomic mass is 16.1. The average molecular weight is 268 g/mol. The van der Waals surface area contributed by atoms with Crippen LogP contribution in [0, 0.1) is 12.8 Å². The maximum atomic E-state index is 11.4. The second kappa shape index (κ2) is 5.23. The molecule has 1 aliphatic rings. The maximum Gasteiger partial charge on any atom is 0.153 e. The SMILES string of the molecule is Cc1ccc2nc(N3CCC(C)CC3)c(C=O)cc2c1.